The van der Waals surface area contributed by atoms with E-state index in [1.807, 2.05) is 0 Å². The van der Waals surface area contributed by atoms with E-state index in [1.165, 1.54) is 4.31 Å². The van der Waals surface area contributed by atoms with Crippen LogP contribution in [0.25, 0.3) is 0 Å². The summed E-state index contributed by atoms with van der Waals surface area (Å²) in [5.74, 6) is -2.13. The number of nitrogens with zero attached hydrogens (tertiary/aromatic N) is 1. The van der Waals surface area contributed by atoms with Gasteiger partial charge in [-0.2, -0.15) is 4.31 Å². The van der Waals surface area contributed by atoms with Crippen LogP contribution in [0.5, 0.6) is 0 Å². The quantitative estimate of drug-likeness (QED) is 0.911. The Bertz CT molecular complexity index is 562. The van der Waals surface area contributed by atoms with Crippen LogP contribution in [0.2, 0.25) is 0 Å². The predicted molar refractivity (Wildman–Crippen MR) is 64.9 cm³/mol. The molecule has 0 aliphatic carbocycles. The molecule has 7 heteroatoms. The molecule has 1 fully saturated rings. The predicted octanol–water partition coefficient (Wildman–Crippen LogP) is 1.36. The fourth-order valence-electron chi connectivity index (χ4n) is 2.22. The third-order valence-electron chi connectivity index (χ3n) is 3.31. The highest BCUT2D eigenvalue weighted by Gasteiger charge is 2.32. The van der Waals surface area contributed by atoms with Gasteiger partial charge in [0.05, 0.1) is 4.90 Å². The average molecular weight is 291 g/mol. The first-order valence-electron chi connectivity index (χ1n) is 6.01. The molecule has 1 heterocycles. The van der Waals surface area contributed by atoms with E-state index in [9.17, 15) is 17.2 Å². The van der Waals surface area contributed by atoms with Crippen molar-refractivity contribution in [2.24, 2.45) is 5.92 Å². The van der Waals surface area contributed by atoms with Crippen LogP contribution in [0.1, 0.15) is 12.8 Å². The van der Waals surface area contributed by atoms with Crippen molar-refractivity contribution >= 4 is 10.0 Å². The van der Waals surface area contributed by atoms with Gasteiger partial charge >= 0.3 is 0 Å². The van der Waals surface area contributed by atoms with E-state index in [4.69, 9.17) is 5.11 Å². The van der Waals surface area contributed by atoms with Crippen LogP contribution in [0.15, 0.2) is 23.1 Å². The molecule has 0 bridgehead atoms. The number of rotatable bonds is 4. The lowest BCUT2D eigenvalue weighted by atomic mass is 10.1. The molecule has 0 spiro atoms. The van der Waals surface area contributed by atoms with Gasteiger partial charge in [-0.1, -0.05) is 0 Å². The molecule has 19 heavy (non-hydrogen) atoms. The highest BCUT2D eigenvalue weighted by molar-refractivity contribution is 7.89. The summed E-state index contributed by atoms with van der Waals surface area (Å²) >= 11 is 0. The van der Waals surface area contributed by atoms with E-state index in [0.717, 1.165) is 12.1 Å². The summed E-state index contributed by atoms with van der Waals surface area (Å²) < 4.78 is 51.6. The standard InChI is InChI=1S/C12H15F2NO3S/c13-11-2-1-10(7-12(11)14)19(17,18)15-5-3-9(8-15)4-6-16/h1-2,7,9,16H,3-6,8H2. The Morgan fingerprint density at radius 3 is 2.68 bits per heavy atom. The molecule has 4 nitrogen and oxygen atoms in total. The zero-order valence-electron chi connectivity index (χ0n) is 10.2. The maximum absolute atomic E-state index is 13.1. The molecule has 1 aliphatic rings. The summed E-state index contributed by atoms with van der Waals surface area (Å²) in [6.07, 6.45) is 1.22. The van der Waals surface area contributed by atoms with E-state index in [-0.39, 0.29) is 17.4 Å². The fraction of sp³-hybridized carbons (Fsp3) is 0.500. The summed E-state index contributed by atoms with van der Waals surface area (Å²) in [7, 11) is -3.78. The van der Waals surface area contributed by atoms with Crippen LogP contribution in [-0.4, -0.2) is 37.5 Å². The highest BCUT2D eigenvalue weighted by Crippen LogP contribution is 2.26. The number of aliphatic hydroxyl groups excluding tert-OH is 1. The lowest BCUT2D eigenvalue weighted by molar-refractivity contribution is 0.259. The van der Waals surface area contributed by atoms with Crippen LogP contribution in [-0.2, 0) is 10.0 Å². The normalized spacial score (nSPS) is 20.9. The number of aliphatic hydroxyl groups is 1. The average Bonchev–Trinajstić information content (AvgIpc) is 2.82. The maximum Gasteiger partial charge on any atom is 0.243 e. The SMILES string of the molecule is O=S(=O)(c1ccc(F)c(F)c1)N1CCC(CCO)C1. The van der Waals surface area contributed by atoms with Crippen LogP contribution in [0.4, 0.5) is 8.78 Å². The number of sulfonamides is 1. The molecule has 0 saturated carbocycles. The maximum atomic E-state index is 13.1. The smallest absolute Gasteiger partial charge is 0.243 e. The lowest BCUT2D eigenvalue weighted by Gasteiger charge is -2.16. The fourth-order valence-corrected chi connectivity index (χ4v) is 3.76. The molecule has 0 aromatic heterocycles. The Hall–Kier alpha value is -1.05. The first kappa shape index (κ1) is 14.4. The third-order valence-corrected chi connectivity index (χ3v) is 5.18. The summed E-state index contributed by atoms with van der Waals surface area (Å²) in [6, 6.07) is 2.57. The number of halogens is 2. The minimum absolute atomic E-state index is 0.0176. The van der Waals surface area contributed by atoms with Crippen molar-refractivity contribution in [3.63, 3.8) is 0 Å². The van der Waals surface area contributed by atoms with Crippen molar-refractivity contribution in [3.8, 4) is 0 Å². The van der Waals surface area contributed by atoms with Crippen LogP contribution < -0.4 is 0 Å². The van der Waals surface area contributed by atoms with Gasteiger partial charge in [-0.3, -0.25) is 0 Å². The summed E-state index contributed by atoms with van der Waals surface area (Å²) in [5, 5.41) is 8.84. The van der Waals surface area contributed by atoms with E-state index >= 15 is 0 Å². The van der Waals surface area contributed by atoms with Gasteiger partial charge in [0.15, 0.2) is 11.6 Å². The Morgan fingerprint density at radius 2 is 2.05 bits per heavy atom. The van der Waals surface area contributed by atoms with Gasteiger partial charge in [0, 0.05) is 19.7 Å². The summed E-state index contributed by atoms with van der Waals surface area (Å²) in [4.78, 5) is -0.240. The van der Waals surface area contributed by atoms with Gasteiger partial charge in [-0.15, -0.1) is 0 Å². The second-order valence-electron chi connectivity index (χ2n) is 4.61. The van der Waals surface area contributed by atoms with Gasteiger partial charge < -0.3 is 5.11 Å². The first-order valence-corrected chi connectivity index (χ1v) is 7.45. The molecule has 1 saturated heterocycles. The van der Waals surface area contributed by atoms with Crippen molar-refractivity contribution in [3.05, 3.63) is 29.8 Å². The minimum atomic E-state index is -3.78. The molecule has 0 amide bonds. The molecule has 1 atom stereocenters. The number of benzene rings is 1. The topological polar surface area (TPSA) is 57.6 Å². The van der Waals surface area contributed by atoms with E-state index in [2.05, 4.69) is 0 Å². The Morgan fingerprint density at radius 1 is 1.32 bits per heavy atom. The lowest BCUT2D eigenvalue weighted by Crippen LogP contribution is -2.29. The molecule has 1 unspecified atom stereocenters. The van der Waals surface area contributed by atoms with Gasteiger partial charge in [0.25, 0.3) is 0 Å². The molecule has 2 rings (SSSR count). The summed E-state index contributed by atoms with van der Waals surface area (Å²) in [6.45, 7) is 0.664. The number of hydrogen-bond acceptors (Lipinski definition) is 3. The van der Waals surface area contributed by atoms with Crippen molar-refractivity contribution in [2.75, 3.05) is 19.7 Å². The monoisotopic (exact) mass is 291 g/mol. The summed E-state index contributed by atoms with van der Waals surface area (Å²) in [5.41, 5.74) is 0. The zero-order chi connectivity index (χ0) is 14.0. The molecule has 1 aromatic carbocycles. The second-order valence-corrected chi connectivity index (χ2v) is 6.54. The van der Waals surface area contributed by atoms with Crippen molar-refractivity contribution in [1.29, 1.82) is 0 Å². The van der Waals surface area contributed by atoms with Crippen LogP contribution >= 0.6 is 0 Å². The molecular formula is C12H15F2NO3S. The molecule has 0 radical (unpaired) electrons. The minimum Gasteiger partial charge on any atom is -0.396 e. The van der Waals surface area contributed by atoms with Gasteiger partial charge in [0.2, 0.25) is 10.0 Å². The molecule has 1 aliphatic heterocycles. The molecule has 1 N–H and O–H groups in total. The Balaban J connectivity index is 2.21. The molecule has 106 valence electrons. The molecular weight excluding hydrogens is 276 g/mol. The number of hydrogen-bond donors (Lipinski definition) is 1. The van der Waals surface area contributed by atoms with Crippen molar-refractivity contribution < 1.29 is 22.3 Å². The van der Waals surface area contributed by atoms with E-state index in [1.54, 1.807) is 0 Å². The van der Waals surface area contributed by atoms with Gasteiger partial charge in [-0.25, -0.2) is 17.2 Å². The molecule has 1 aromatic rings. The van der Waals surface area contributed by atoms with Crippen molar-refractivity contribution in [2.45, 2.75) is 17.7 Å². The third kappa shape index (κ3) is 2.93. The second kappa shape index (κ2) is 5.52. The van der Waals surface area contributed by atoms with Gasteiger partial charge in [-0.05, 0) is 37.0 Å². The van der Waals surface area contributed by atoms with Gasteiger partial charge in [0.1, 0.15) is 0 Å². The largest absolute Gasteiger partial charge is 0.396 e. The first-order chi connectivity index (χ1) is 8.95. The Kier molecular flexibility index (Phi) is 4.17. The van der Waals surface area contributed by atoms with E-state index in [0.29, 0.717) is 32.0 Å². The zero-order valence-corrected chi connectivity index (χ0v) is 11.0. The van der Waals surface area contributed by atoms with E-state index < -0.39 is 21.7 Å². The highest BCUT2D eigenvalue weighted by atomic mass is 32.2. The van der Waals surface area contributed by atoms with Crippen LogP contribution in [0.3, 0.4) is 0 Å². The Labute approximate surface area is 110 Å². The van der Waals surface area contributed by atoms with Crippen LogP contribution in [0, 0.1) is 17.6 Å². The van der Waals surface area contributed by atoms with Crippen molar-refractivity contribution in [1.82, 2.24) is 4.31 Å².